The lowest BCUT2D eigenvalue weighted by Crippen LogP contribution is -2.43. The summed E-state index contributed by atoms with van der Waals surface area (Å²) in [6.45, 7) is 3.51. The maximum absolute atomic E-state index is 11.7. The number of carbonyl (C=O) groups excluding carboxylic acids is 2. The smallest absolute Gasteiger partial charge is 0.338 e. The van der Waals surface area contributed by atoms with Gasteiger partial charge < -0.3 is 29.9 Å². The minimum Gasteiger partial charge on any atom is -0.461 e. The predicted molar refractivity (Wildman–Crippen MR) is 103 cm³/mol. The molecule has 166 valence electrons. The highest BCUT2D eigenvalue weighted by Gasteiger charge is 2.33. The fraction of sp³-hybridized carbons (Fsp3) is 0.900. The number of rotatable bonds is 17. The zero-order chi connectivity index (χ0) is 21.4. The molecule has 0 aromatic carbocycles. The number of aliphatic hydroxyl groups is 4. The van der Waals surface area contributed by atoms with Gasteiger partial charge in [-0.2, -0.15) is 0 Å². The summed E-state index contributed by atoms with van der Waals surface area (Å²) in [5.41, 5.74) is 0. The number of carbonyl (C=O) groups is 2. The lowest BCUT2D eigenvalue weighted by molar-refractivity contribution is -0.176. The third kappa shape index (κ3) is 13.0. The fourth-order valence-corrected chi connectivity index (χ4v) is 2.57. The maximum Gasteiger partial charge on any atom is 0.338 e. The summed E-state index contributed by atoms with van der Waals surface area (Å²) in [6.07, 6.45) is 2.78. The molecule has 28 heavy (non-hydrogen) atoms. The van der Waals surface area contributed by atoms with E-state index in [2.05, 4.69) is 13.8 Å². The summed E-state index contributed by atoms with van der Waals surface area (Å²) in [7, 11) is 0. The minimum atomic E-state index is -2.11. The second-order valence-corrected chi connectivity index (χ2v) is 7.16. The van der Waals surface area contributed by atoms with Crippen LogP contribution in [0.1, 0.15) is 78.1 Å². The average molecular weight is 407 g/mol. The third-order valence-corrected chi connectivity index (χ3v) is 4.40. The lowest BCUT2D eigenvalue weighted by atomic mass is 10.1. The Morgan fingerprint density at radius 3 is 1.32 bits per heavy atom. The summed E-state index contributed by atoms with van der Waals surface area (Å²) >= 11 is 0. The second kappa shape index (κ2) is 16.7. The van der Waals surface area contributed by atoms with Crippen LogP contribution in [-0.4, -0.2) is 70.0 Å². The Morgan fingerprint density at radius 1 is 0.643 bits per heavy atom. The summed E-state index contributed by atoms with van der Waals surface area (Å²) < 4.78 is 9.48. The normalized spacial score (nSPS) is 15.5. The molecule has 0 aromatic heterocycles. The van der Waals surface area contributed by atoms with Crippen LogP contribution in [0.3, 0.4) is 0 Å². The summed E-state index contributed by atoms with van der Waals surface area (Å²) in [5, 5.41) is 38.9. The molecular weight excluding hydrogens is 368 g/mol. The Balaban J connectivity index is 4.07. The van der Waals surface area contributed by atoms with Gasteiger partial charge >= 0.3 is 11.9 Å². The molecule has 0 aliphatic carbocycles. The molecule has 0 bridgehead atoms. The maximum atomic E-state index is 11.7. The van der Waals surface area contributed by atoms with E-state index in [0.717, 1.165) is 51.4 Å². The Kier molecular flexibility index (Phi) is 16.0. The lowest BCUT2D eigenvalue weighted by Gasteiger charge is -2.18. The van der Waals surface area contributed by atoms with Gasteiger partial charge in [0.15, 0.2) is 12.2 Å². The van der Waals surface area contributed by atoms with Crippen molar-refractivity contribution in [2.45, 2.75) is 102 Å². The van der Waals surface area contributed by atoms with Gasteiger partial charge in [-0.25, -0.2) is 9.59 Å². The number of aliphatic hydroxyl groups excluding tert-OH is 4. The summed E-state index contributed by atoms with van der Waals surface area (Å²) in [5.74, 6) is -2.42. The molecule has 4 N–H and O–H groups in total. The van der Waals surface area contributed by atoms with Crippen molar-refractivity contribution in [3.8, 4) is 0 Å². The number of unbranched alkanes of at least 4 members (excludes halogenated alkanes) is 6. The van der Waals surface area contributed by atoms with Gasteiger partial charge in [-0.05, 0) is 12.8 Å². The van der Waals surface area contributed by atoms with Gasteiger partial charge in [0.2, 0.25) is 0 Å². The van der Waals surface area contributed by atoms with Gasteiger partial charge in [-0.1, -0.05) is 65.2 Å². The molecule has 8 heteroatoms. The van der Waals surface area contributed by atoms with E-state index < -0.39 is 36.4 Å². The molecule has 0 radical (unpaired) electrons. The van der Waals surface area contributed by atoms with Crippen LogP contribution in [0, 0.1) is 0 Å². The molecule has 0 heterocycles. The first-order chi connectivity index (χ1) is 13.3. The second-order valence-electron chi connectivity index (χ2n) is 7.16. The van der Waals surface area contributed by atoms with Crippen LogP contribution in [0.5, 0.6) is 0 Å². The molecule has 0 aromatic rings. The molecule has 0 aliphatic rings. The first-order valence-corrected chi connectivity index (χ1v) is 10.4. The largest absolute Gasteiger partial charge is 0.461 e. The van der Waals surface area contributed by atoms with Crippen LogP contribution in [0.2, 0.25) is 0 Å². The van der Waals surface area contributed by atoms with E-state index in [-0.39, 0.29) is 13.2 Å². The van der Waals surface area contributed by atoms with Crippen LogP contribution in [0.25, 0.3) is 0 Å². The summed E-state index contributed by atoms with van der Waals surface area (Å²) in [6, 6.07) is 0. The van der Waals surface area contributed by atoms with Gasteiger partial charge in [-0.15, -0.1) is 0 Å². The van der Waals surface area contributed by atoms with Gasteiger partial charge in [-0.3, -0.25) is 0 Å². The number of esters is 2. The van der Waals surface area contributed by atoms with Crippen molar-refractivity contribution in [2.24, 2.45) is 0 Å². The van der Waals surface area contributed by atoms with Crippen molar-refractivity contribution in [3.63, 3.8) is 0 Å². The van der Waals surface area contributed by atoms with Gasteiger partial charge in [0.05, 0.1) is 12.2 Å². The van der Waals surface area contributed by atoms with E-state index in [0.29, 0.717) is 12.8 Å². The predicted octanol–water partition coefficient (Wildman–Crippen LogP) is 1.46. The zero-order valence-electron chi connectivity index (χ0n) is 17.2. The molecule has 0 rings (SSSR count). The highest BCUT2D eigenvalue weighted by Crippen LogP contribution is 2.08. The van der Waals surface area contributed by atoms with Crippen molar-refractivity contribution in [3.05, 3.63) is 0 Å². The van der Waals surface area contributed by atoms with E-state index in [4.69, 9.17) is 9.47 Å². The highest BCUT2D eigenvalue weighted by molar-refractivity contribution is 5.85. The van der Waals surface area contributed by atoms with E-state index in [1.807, 2.05) is 0 Å². The van der Waals surface area contributed by atoms with E-state index in [1.165, 1.54) is 0 Å². The van der Waals surface area contributed by atoms with Crippen LogP contribution < -0.4 is 0 Å². The van der Waals surface area contributed by atoms with Crippen molar-refractivity contribution < 1.29 is 39.5 Å². The van der Waals surface area contributed by atoms with E-state index >= 15 is 0 Å². The van der Waals surface area contributed by atoms with Crippen LogP contribution in [-0.2, 0) is 19.1 Å². The SMILES string of the molecule is CCCCCCC(O)COC(=O)C(O)C(O)C(=O)OCC(O)CCCCCC. The fourth-order valence-electron chi connectivity index (χ4n) is 2.57. The van der Waals surface area contributed by atoms with Gasteiger partial charge in [0, 0.05) is 0 Å². The van der Waals surface area contributed by atoms with E-state index in [9.17, 15) is 30.0 Å². The van der Waals surface area contributed by atoms with Crippen LogP contribution in [0.15, 0.2) is 0 Å². The topological polar surface area (TPSA) is 134 Å². The number of hydrogen-bond donors (Lipinski definition) is 4. The average Bonchev–Trinajstić information content (AvgIpc) is 2.69. The molecule has 0 aliphatic heterocycles. The Morgan fingerprint density at radius 2 is 1.00 bits per heavy atom. The van der Waals surface area contributed by atoms with Crippen molar-refractivity contribution >= 4 is 11.9 Å². The first kappa shape index (κ1) is 26.8. The molecular formula is C20H38O8. The van der Waals surface area contributed by atoms with Crippen LogP contribution >= 0.6 is 0 Å². The van der Waals surface area contributed by atoms with Gasteiger partial charge in [0.25, 0.3) is 0 Å². The molecule has 0 spiro atoms. The van der Waals surface area contributed by atoms with Crippen molar-refractivity contribution in [2.75, 3.05) is 13.2 Å². The molecule has 0 saturated carbocycles. The Hall–Kier alpha value is -1.22. The molecule has 0 amide bonds. The minimum absolute atomic E-state index is 0.319. The molecule has 0 saturated heterocycles. The van der Waals surface area contributed by atoms with Gasteiger partial charge in [0.1, 0.15) is 13.2 Å². The number of hydrogen-bond acceptors (Lipinski definition) is 8. The first-order valence-electron chi connectivity index (χ1n) is 10.4. The third-order valence-electron chi connectivity index (χ3n) is 4.40. The monoisotopic (exact) mass is 406 g/mol. The quantitative estimate of drug-likeness (QED) is 0.211. The molecule has 4 atom stereocenters. The van der Waals surface area contributed by atoms with Crippen LogP contribution in [0.4, 0.5) is 0 Å². The number of ether oxygens (including phenoxy) is 2. The molecule has 0 fully saturated rings. The Labute approximate surface area is 167 Å². The summed E-state index contributed by atoms with van der Waals surface area (Å²) in [4.78, 5) is 23.4. The standard InChI is InChI=1S/C20H38O8/c1-3-5-7-9-11-15(21)13-27-19(25)17(23)18(24)20(26)28-14-16(22)12-10-8-6-4-2/h15-18,21-24H,3-14H2,1-2H3. The highest BCUT2D eigenvalue weighted by atomic mass is 16.6. The molecule has 8 nitrogen and oxygen atoms in total. The molecule has 4 unspecified atom stereocenters. The van der Waals surface area contributed by atoms with E-state index in [1.54, 1.807) is 0 Å². The zero-order valence-corrected chi connectivity index (χ0v) is 17.2. The van der Waals surface area contributed by atoms with Crippen molar-refractivity contribution in [1.29, 1.82) is 0 Å². The Bertz CT molecular complexity index is 377. The van der Waals surface area contributed by atoms with Crippen molar-refractivity contribution in [1.82, 2.24) is 0 Å².